The molecule has 3 atom stereocenters. The van der Waals surface area contributed by atoms with Gasteiger partial charge in [0.1, 0.15) is 35.7 Å². The molecule has 4 aliphatic rings. The Morgan fingerprint density at radius 2 is 2.15 bits per heavy atom. The van der Waals surface area contributed by atoms with E-state index >= 15 is 4.39 Å². The fourth-order valence-electron chi connectivity index (χ4n) is 5.74. The predicted molar refractivity (Wildman–Crippen MR) is 123 cm³/mol. The van der Waals surface area contributed by atoms with Gasteiger partial charge in [0.05, 0.1) is 34.6 Å². The van der Waals surface area contributed by atoms with Crippen molar-refractivity contribution in [2.75, 3.05) is 51.0 Å². The van der Waals surface area contributed by atoms with Gasteiger partial charge in [0, 0.05) is 19.6 Å². The summed E-state index contributed by atoms with van der Waals surface area (Å²) in [5.41, 5.74) is -0.263. The van der Waals surface area contributed by atoms with Crippen molar-refractivity contribution in [3.8, 4) is 11.8 Å². The molecule has 0 aliphatic carbocycles. The van der Waals surface area contributed by atoms with Crippen LogP contribution in [0.3, 0.4) is 0 Å². The van der Waals surface area contributed by atoms with Gasteiger partial charge in [0.25, 0.3) is 0 Å². The first kappa shape index (κ1) is 22.0. The number of hydrogen-bond acceptors (Lipinski definition) is 7. The normalized spacial score (nSPS) is 29.4. The fraction of sp³-hybridized carbons (Fsp3) is 0.636. The maximum absolute atomic E-state index is 15.4. The van der Waals surface area contributed by atoms with Crippen LogP contribution in [0.1, 0.15) is 25.7 Å². The number of ether oxygens (including phenoxy) is 3. The summed E-state index contributed by atoms with van der Waals surface area (Å²) >= 11 is 9.68. The van der Waals surface area contributed by atoms with Gasteiger partial charge in [-0.05, 0) is 41.7 Å². The molecule has 4 aliphatic heterocycles. The highest BCUT2D eigenvalue weighted by Crippen LogP contribution is 2.47. The van der Waals surface area contributed by atoms with Crippen LogP contribution in [-0.4, -0.2) is 78.7 Å². The van der Waals surface area contributed by atoms with Crippen molar-refractivity contribution in [3.05, 3.63) is 15.3 Å². The summed E-state index contributed by atoms with van der Waals surface area (Å²) in [4.78, 5) is 13.4. The van der Waals surface area contributed by atoms with Crippen LogP contribution in [-0.2, 0) is 4.74 Å². The number of rotatable bonds is 4. The second kappa shape index (κ2) is 8.32. The van der Waals surface area contributed by atoms with Gasteiger partial charge in [0.2, 0.25) is 0 Å². The SMILES string of the molecule is Fc1c(Br)c(Cl)c2c3c(nc(OC[C@@]45CCCN4C[C@H](F)C5)nc13)N([C@@H]1CCOC1)CCO2. The largest absolute Gasteiger partial charge is 0.489 e. The smallest absolute Gasteiger partial charge is 0.319 e. The lowest BCUT2D eigenvalue weighted by atomic mass is 9.95. The number of nitrogens with zero attached hydrogens (tertiary/aromatic N) is 4. The minimum Gasteiger partial charge on any atom is -0.489 e. The van der Waals surface area contributed by atoms with Gasteiger partial charge in [-0.2, -0.15) is 9.97 Å². The van der Waals surface area contributed by atoms with E-state index < -0.39 is 12.0 Å². The Hall–Kier alpha value is -1.49. The Morgan fingerprint density at radius 1 is 1.27 bits per heavy atom. The zero-order chi connectivity index (χ0) is 22.7. The van der Waals surface area contributed by atoms with Crippen molar-refractivity contribution in [2.24, 2.45) is 0 Å². The molecular weight excluding hydrogens is 522 g/mol. The topological polar surface area (TPSA) is 60.0 Å². The third-order valence-electron chi connectivity index (χ3n) is 7.32. The summed E-state index contributed by atoms with van der Waals surface area (Å²) in [5, 5.41) is 0.589. The van der Waals surface area contributed by atoms with Crippen LogP contribution in [0.15, 0.2) is 4.47 Å². The van der Waals surface area contributed by atoms with Crippen LogP contribution in [0.5, 0.6) is 11.8 Å². The van der Waals surface area contributed by atoms with Crippen molar-refractivity contribution < 1.29 is 23.0 Å². The molecule has 0 bridgehead atoms. The van der Waals surface area contributed by atoms with Gasteiger partial charge in [-0.3, -0.25) is 4.90 Å². The molecule has 2 aromatic rings. The molecule has 0 saturated carbocycles. The summed E-state index contributed by atoms with van der Waals surface area (Å²) in [7, 11) is 0. The molecule has 3 fully saturated rings. The van der Waals surface area contributed by atoms with E-state index in [0.29, 0.717) is 56.3 Å². The molecule has 3 saturated heterocycles. The summed E-state index contributed by atoms with van der Waals surface area (Å²) in [6, 6.07) is 0.160. The van der Waals surface area contributed by atoms with Crippen LogP contribution < -0.4 is 14.4 Å². The number of fused-ring (bicyclic) bond motifs is 1. The van der Waals surface area contributed by atoms with E-state index in [0.717, 1.165) is 25.8 Å². The lowest BCUT2D eigenvalue weighted by Gasteiger charge is -2.31. The van der Waals surface area contributed by atoms with Gasteiger partial charge in [0.15, 0.2) is 11.6 Å². The first-order valence-corrected chi connectivity index (χ1v) is 12.5. The second-order valence-corrected chi connectivity index (χ2v) is 10.4. The van der Waals surface area contributed by atoms with Crippen LogP contribution in [0, 0.1) is 5.82 Å². The number of alkyl halides is 1. The maximum atomic E-state index is 15.4. The van der Waals surface area contributed by atoms with E-state index in [4.69, 9.17) is 30.8 Å². The van der Waals surface area contributed by atoms with Crippen LogP contribution >= 0.6 is 27.5 Å². The average molecular weight is 546 g/mol. The quantitative estimate of drug-likeness (QED) is 0.536. The molecule has 0 spiro atoms. The first-order valence-electron chi connectivity index (χ1n) is 11.3. The monoisotopic (exact) mass is 544 g/mol. The van der Waals surface area contributed by atoms with Crippen molar-refractivity contribution >= 4 is 44.3 Å². The Bertz CT molecular complexity index is 1110. The highest BCUT2D eigenvalue weighted by atomic mass is 79.9. The molecule has 0 amide bonds. The zero-order valence-corrected chi connectivity index (χ0v) is 20.3. The highest BCUT2D eigenvalue weighted by Gasteiger charge is 2.49. The van der Waals surface area contributed by atoms with Crippen molar-refractivity contribution in [3.63, 3.8) is 0 Å². The third-order valence-corrected chi connectivity index (χ3v) is 8.65. The summed E-state index contributed by atoms with van der Waals surface area (Å²) < 4.78 is 47.3. The Balaban J connectivity index is 1.44. The number of aromatic nitrogens is 2. The van der Waals surface area contributed by atoms with Crippen LogP contribution in [0.2, 0.25) is 5.02 Å². The molecular formula is C22H24BrClF2N4O3. The molecule has 178 valence electrons. The van der Waals surface area contributed by atoms with Gasteiger partial charge >= 0.3 is 6.01 Å². The Kier molecular flexibility index (Phi) is 5.55. The summed E-state index contributed by atoms with van der Waals surface area (Å²) in [6.07, 6.45) is 2.29. The average Bonchev–Trinajstić information content (AvgIpc) is 3.49. The Labute approximate surface area is 203 Å². The molecule has 0 N–H and O–H groups in total. The molecule has 0 unspecified atom stereocenters. The highest BCUT2D eigenvalue weighted by molar-refractivity contribution is 9.10. The van der Waals surface area contributed by atoms with E-state index in [9.17, 15) is 4.39 Å². The van der Waals surface area contributed by atoms with E-state index in [1.165, 1.54) is 0 Å². The second-order valence-electron chi connectivity index (χ2n) is 9.25. The first-order chi connectivity index (χ1) is 16.0. The van der Waals surface area contributed by atoms with E-state index in [1.54, 1.807) is 0 Å². The van der Waals surface area contributed by atoms with Crippen molar-refractivity contribution in [2.45, 2.75) is 43.4 Å². The molecule has 11 heteroatoms. The Morgan fingerprint density at radius 3 is 2.97 bits per heavy atom. The standard InChI is InChI=1S/C22H24BrClF2N4O3/c23-15-16(24)19-14-18(17(15)26)27-21(33-11-22-3-1-4-29(22)9-12(25)8-22)28-20(14)30(5-7-32-19)13-2-6-31-10-13/h12-13H,1-11H2/t12-,13-,22+/m1/s1. The van der Waals surface area contributed by atoms with Crippen LogP contribution in [0.25, 0.3) is 10.9 Å². The number of anilines is 1. The number of halogens is 4. The van der Waals surface area contributed by atoms with Gasteiger partial charge in [-0.25, -0.2) is 8.78 Å². The number of hydrogen-bond donors (Lipinski definition) is 0. The predicted octanol–water partition coefficient (Wildman–Crippen LogP) is 4.13. The molecule has 6 rings (SSSR count). The summed E-state index contributed by atoms with van der Waals surface area (Å²) in [6.45, 7) is 3.69. The minimum absolute atomic E-state index is 0.0749. The fourth-order valence-corrected chi connectivity index (χ4v) is 6.34. The molecule has 33 heavy (non-hydrogen) atoms. The lowest BCUT2D eigenvalue weighted by Crippen LogP contribution is -2.43. The summed E-state index contributed by atoms with van der Waals surface area (Å²) in [5.74, 6) is 0.298. The molecule has 1 aromatic carbocycles. The van der Waals surface area contributed by atoms with Gasteiger partial charge in [-0.15, -0.1) is 0 Å². The van der Waals surface area contributed by atoms with E-state index in [2.05, 4.69) is 30.7 Å². The molecule has 5 heterocycles. The number of benzene rings is 1. The van der Waals surface area contributed by atoms with Crippen molar-refractivity contribution in [1.29, 1.82) is 0 Å². The van der Waals surface area contributed by atoms with E-state index in [-0.39, 0.29) is 39.2 Å². The lowest BCUT2D eigenvalue weighted by molar-refractivity contribution is 0.107. The van der Waals surface area contributed by atoms with Gasteiger partial charge < -0.3 is 19.1 Å². The third kappa shape index (κ3) is 3.56. The van der Waals surface area contributed by atoms with Crippen LogP contribution in [0.4, 0.5) is 14.6 Å². The maximum Gasteiger partial charge on any atom is 0.319 e. The van der Waals surface area contributed by atoms with Crippen molar-refractivity contribution in [1.82, 2.24) is 14.9 Å². The zero-order valence-electron chi connectivity index (χ0n) is 18.0. The van der Waals surface area contributed by atoms with Gasteiger partial charge in [-0.1, -0.05) is 11.6 Å². The molecule has 7 nitrogen and oxygen atoms in total. The van der Waals surface area contributed by atoms with E-state index in [1.807, 2.05) is 0 Å². The molecule has 0 radical (unpaired) electrons. The molecule has 1 aromatic heterocycles. The minimum atomic E-state index is -0.857.